The minimum absolute atomic E-state index is 0.456. The second-order valence-electron chi connectivity index (χ2n) is 5.16. The molecule has 1 aliphatic carbocycles. The minimum Gasteiger partial charge on any atom is -0.381 e. The van der Waals surface area contributed by atoms with E-state index in [9.17, 15) is 0 Å². The van der Waals surface area contributed by atoms with Gasteiger partial charge < -0.3 is 5.32 Å². The van der Waals surface area contributed by atoms with Crippen molar-refractivity contribution >= 4 is 5.69 Å². The molecule has 0 heterocycles. The van der Waals surface area contributed by atoms with Gasteiger partial charge in [-0.1, -0.05) is 36.4 Å². The van der Waals surface area contributed by atoms with Gasteiger partial charge in [-0.05, 0) is 36.6 Å². The fourth-order valence-electron chi connectivity index (χ4n) is 2.50. The van der Waals surface area contributed by atoms with Crippen molar-refractivity contribution in [3.63, 3.8) is 0 Å². The molecule has 0 saturated heterocycles. The lowest BCUT2D eigenvalue weighted by molar-refractivity contribution is 1.04. The highest BCUT2D eigenvalue weighted by Gasteiger charge is 2.38. The summed E-state index contributed by atoms with van der Waals surface area (Å²) in [6.45, 7) is 2.01. The van der Waals surface area contributed by atoms with E-state index in [2.05, 4.69) is 35.7 Å². The van der Waals surface area contributed by atoms with Gasteiger partial charge in [0.25, 0.3) is 0 Å². The number of anilines is 1. The third kappa shape index (κ3) is 2.46. The van der Waals surface area contributed by atoms with Gasteiger partial charge in [-0.25, -0.2) is 0 Å². The molecule has 2 aromatic carbocycles. The summed E-state index contributed by atoms with van der Waals surface area (Å²) in [7, 11) is 0. The monoisotopic (exact) mass is 248 g/mol. The largest absolute Gasteiger partial charge is 0.381 e. The van der Waals surface area contributed by atoms with E-state index in [1.165, 1.54) is 5.56 Å². The van der Waals surface area contributed by atoms with Crippen molar-refractivity contribution in [2.75, 3.05) is 5.32 Å². The molecule has 1 saturated carbocycles. The summed E-state index contributed by atoms with van der Waals surface area (Å²) in [4.78, 5) is 0. The van der Waals surface area contributed by atoms with E-state index in [1.54, 1.807) is 0 Å². The van der Waals surface area contributed by atoms with Gasteiger partial charge in [0.2, 0.25) is 0 Å². The molecule has 94 valence electrons. The van der Waals surface area contributed by atoms with Gasteiger partial charge in [0.15, 0.2) is 0 Å². The van der Waals surface area contributed by atoms with Crippen LogP contribution < -0.4 is 5.32 Å². The van der Waals surface area contributed by atoms with E-state index in [-0.39, 0.29) is 0 Å². The van der Waals surface area contributed by atoms with Crippen molar-refractivity contribution in [1.29, 1.82) is 5.26 Å². The Kier molecular flexibility index (Phi) is 2.97. The Labute approximate surface area is 113 Å². The van der Waals surface area contributed by atoms with Crippen LogP contribution in [-0.4, -0.2) is 6.04 Å². The average molecular weight is 248 g/mol. The number of nitrogens with one attached hydrogen (secondary N) is 1. The predicted molar refractivity (Wildman–Crippen MR) is 77.1 cm³/mol. The quantitative estimate of drug-likeness (QED) is 0.896. The van der Waals surface area contributed by atoms with Gasteiger partial charge in [-0.3, -0.25) is 0 Å². The molecule has 0 aliphatic heterocycles. The van der Waals surface area contributed by atoms with Crippen molar-refractivity contribution in [2.24, 2.45) is 0 Å². The molecular formula is C17H16N2. The Morgan fingerprint density at radius 3 is 2.68 bits per heavy atom. The van der Waals surface area contributed by atoms with E-state index in [0.717, 1.165) is 23.2 Å². The van der Waals surface area contributed by atoms with E-state index < -0.39 is 0 Å². The van der Waals surface area contributed by atoms with Crippen LogP contribution in [0.1, 0.15) is 29.0 Å². The topological polar surface area (TPSA) is 35.8 Å². The van der Waals surface area contributed by atoms with Crippen LogP contribution in [0.25, 0.3) is 0 Å². The van der Waals surface area contributed by atoms with Crippen LogP contribution in [0.4, 0.5) is 5.69 Å². The fourth-order valence-corrected chi connectivity index (χ4v) is 2.50. The van der Waals surface area contributed by atoms with Crippen molar-refractivity contribution < 1.29 is 0 Å². The first-order valence-electron chi connectivity index (χ1n) is 6.60. The van der Waals surface area contributed by atoms with Crippen molar-refractivity contribution in [3.05, 3.63) is 65.2 Å². The summed E-state index contributed by atoms with van der Waals surface area (Å²) >= 11 is 0. The Morgan fingerprint density at radius 2 is 1.95 bits per heavy atom. The zero-order valence-electron chi connectivity index (χ0n) is 10.9. The second-order valence-corrected chi connectivity index (χ2v) is 5.16. The number of hydrogen-bond donors (Lipinski definition) is 1. The maximum absolute atomic E-state index is 9.17. The lowest BCUT2D eigenvalue weighted by Crippen LogP contribution is -2.05. The van der Waals surface area contributed by atoms with Crippen LogP contribution >= 0.6 is 0 Å². The first-order chi connectivity index (χ1) is 9.28. The molecule has 0 radical (unpaired) electrons. The molecule has 2 nitrogen and oxygen atoms in total. The third-order valence-corrected chi connectivity index (χ3v) is 3.65. The lowest BCUT2D eigenvalue weighted by atomic mass is 10.1. The smallest absolute Gasteiger partial charge is 0.101 e. The van der Waals surface area contributed by atoms with E-state index >= 15 is 0 Å². The van der Waals surface area contributed by atoms with E-state index in [1.807, 2.05) is 31.2 Å². The zero-order chi connectivity index (χ0) is 13.2. The third-order valence-electron chi connectivity index (χ3n) is 3.65. The first-order valence-corrected chi connectivity index (χ1v) is 6.60. The second kappa shape index (κ2) is 4.78. The summed E-state index contributed by atoms with van der Waals surface area (Å²) in [5, 5.41) is 12.7. The number of rotatable bonds is 3. The van der Waals surface area contributed by atoms with Crippen molar-refractivity contribution in [3.8, 4) is 6.07 Å². The molecule has 3 rings (SSSR count). The zero-order valence-corrected chi connectivity index (χ0v) is 10.9. The SMILES string of the molecule is Cc1ccc(NC2CC2c2ccccc2)c(C#N)c1. The van der Waals surface area contributed by atoms with Crippen LogP contribution in [0.2, 0.25) is 0 Å². The van der Waals surface area contributed by atoms with Gasteiger partial charge >= 0.3 is 0 Å². The van der Waals surface area contributed by atoms with E-state index in [0.29, 0.717) is 12.0 Å². The van der Waals surface area contributed by atoms with Crippen LogP contribution in [0, 0.1) is 18.3 Å². The molecular weight excluding hydrogens is 232 g/mol. The molecule has 1 aliphatic rings. The van der Waals surface area contributed by atoms with Crippen molar-refractivity contribution in [2.45, 2.75) is 25.3 Å². The lowest BCUT2D eigenvalue weighted by Gasteiger charge is -2.08. The number of aryl methyl sites for hydroxylation is 1. The van der Waals surface area contributed by atoms with Gasteiger partial charge in [0.05, 0.1) is 11.3 Å². The van der Waals surface area contributed by atoms with Gasteiger partial charge in [0.1, 0.15) is 6.07 Å². The summed E-state index contributed by atoms with van der Waals surface area (Å²) < 4.78 is 0. The molecule has 0 aromatic heterocycles. The number of benzene rings is 2. The van der Waals surface area contributed by atoms with Gasteiger partial charge in [-0.15, -0.1) is 0 Å². The fraction of sp³-hybridized carbons (Fsp3) is 0.235. The van der Waals surface area contributed by atoms with Gasteiger partial charge in [-0.2, -0.15) is 5.26 Å². The van der Waals surface area contributed by atoms with Crippen LogP contribution in [-0.2, 0) is 0 Å². The predicted octanol–water partition coefficient (Wildman–Crippen LogP) is 3.83. The molecule has 0 bridgehead atoms. The molecule has 0 amide bonds. The summed E-state index contributed by atoms with van der Waals surface area (Å²) in [6.07, 6.45) is 1.14. The molecule has 1 fully saturated rings. The molecule has 19 heavy (non-hydrogen) atoms. The summed E-state index contributed by atoms with van der Waals surface area (Å²) in [6, 6.07) is 19.3. The highest BCUT2D eigenvalue weighted by atomic mass is 15.0. The minimum atomic E-state index is 0.456. The van der Waals surface area contributed by atoms with Crippen LogP contribution in [0.15, 0.2) is 48.5 Å². The standard InChI is InChI=1S/C17H16N2/c1-12-7-8-16(14(9-12)11-18)19-17-10-15(17)13-5-3-2-4-6-13/h2-9,15,17,19H,10H2,1H3. The molecule has 2 heteroatoms. The first kappa shape index (κ1) is 11.8. The highest BCUT2D eigenvalue weighted by molar-refractivity contribution is 5.60. The molecule has 1 N–H and O–H groups in total. The van der Waals surface area contributed by atoms with Gasteiger partial charge in [0, 0.05) is 12.0 Å². The normalized spacial score (nSPS) is 20.6. The number of nitrogens with zero attached hydrogens (tertiary/aromatic N) is 1. The Hall–Kier alpha value is -2.27. The molecule has 2 aromatic rings. The number of hydrogen-bond acceptors (Lipinski definition) is 2. The van der Waals surface area contributed by atoms with Crippen molar-refractivity contribution in [1.82, 2.24) is 0 Å². The Bertz CT molecular complexity index is 625. The Morgan fingerprint density at radius 1 is 1.16 bits per heavy atom. The summed E-state index contributed by atoms with van der Waals surface area (Å²) in [5.74, 6) is 0.578. The molecule has 2 unspecified atom stereocenters. The van der Waals surface area contributed by atoms with Crippen LogP contribution in [0.5, 0.6) is 0 Å². The average Bonchev–Trinajstić information content (AvgIpc) is 3.21. The molecule has 0 spiro atoms. The van der Waals surface area contributed by atoms with E-state index in [4.69, 9.17) is 5.26 Å². The maximum Gasteiger partial charge on any atom is 0.101 e. The highest BCUT2D eigenvalue weighted by Crippen LogP contribution is 2.43. The molecule has 2 atom stereocenters. The number of nitriles is 1. The Balaban J connectivity index is 1.73. The van der Waals surface area contributed by atoms with Crippen LogP contribution in [0.3, 0.4) is 0 Å². The summed E-state index contributed by atoms with van der Waals surface area (Å²) in [5.41, 5.74) is 4.19. The maximum atomic E-state index is 9.17.